The van der Waals surface area contributed by atoms with Crippen molar-refractivity contribution >= 4 is 17.5 Å². The smallest absolute Gasteiger partial charge is 0.227 e. The molecule has 1 fully saturated rings. The quantitative estimate of drug-likeness (QED) is 0.892. The van der Waals surface area contributed by atoms with Crippen LogP contribution in [0.15, 0.2) is 18.2 Å². The SMILES string of the molecule is Cc1ccc(NC(=O)C2CCC(C(=O)NC(C)C)CC2)c(C)c1. The summed E-state index contributed by atoms with van der Waals surface area (Å²) in [5.74, 6) is 0.286. The number of hydrogen-bond donors (Lipinski definition) is 2. The molecule has 1 aromatic rings. The van der Waals surface area contributed by atoms with Gasteiger partial charge < -0.3 is 10.6 Å². The van der Waals surface area contributed by atoms with E-state index in [-0.39, 0.29) is 29.7 Å². The molecule has 1 aromatic carbocycles. The normalized spacial score (nSPS) is 21.1. The van der Waals surface area contributed by atoms with Crippen LogP contribution in [0.4, 0.5) is 5.69 Å². The second-order valence-electron chi connectivity index (χ2n) is 7.02. The van der Waals surface area contributed by atoms with Gasteiger partial charge in [0.1, 0.15) is 0 Å². The van der Waals surface area contributed by atoms with Gasteiger partial charge in [-0.2, -0.15) is 0 Å². The van der Waals surface area contributed by atoms with E-state index >= 15 is 0 Å². The van der Waals surface area contributed by atoms with Crippen LogP contribution in [0.5, 0.6) is 0 Å². The molecule has 126 valence electrons. The molecule has 0 aliphatic heterocycles. The largest absolute Gasteiger partial charge is 0.354 e. The van der Waals surface area contributed by atoms with Crippen molar-refractivity contribution < 1.29 is 9.59 Å². The maximum atomic E-state index is 12.4. The lowest BCUT2D eigenvalue weighted by Gasteiger charge is -2.27. The summed E-state index contributed by atoms with van der Waals surface area (Å²) in [7, 11) is 0. The minimum atomic E-state index is 0.0128. The van der Waals surface area contributed by atoms with Crippen LogP contribution in [0.1, 0.15) is 50.7 Å². The van der Waals surface area contributed by atoms with Gasteiger partial charge in [0.2, 0.25) is 11.8 Å². The zero-order valence-electron chi connectivity index (χ0n) is 14.6. The molecule has 1 aliphatic carbocycles. The molecule has 0 atom stereocenters. The average molecular weight is 316 g/mol. The van der Waals surface area contributed by atoms with Gasteiger partial charge in [0.05, 0.1) is 0 Å². The molecule has 2 N–H and O–H groups in total. The lowest BCUT2D eigenvalue weighted by molar-refractivity contribution is -0.128. The summed E-state index contributed by atoms with van der Waals surface area (Å²) < 4.78 is 0. The van der Waals surface area contributed by atoms with E-state index in [1.54, 1.807) is 0 Å². The van der Waals surface area contributed by atoms with Crippen LogP contribution in [0, 0.1) is 25.7 Å². The fourth-order valence-electron chi connectivity index (χ4n) is 3.21. The highest BCUT2D eigenvalue weighted by atomic mass is 16.2. The summed E-state index contributed by atoms with van der Waals surface area (Å²) in [4.78, 5) is 24.5. The number of carbonyl (C=O) groups excluding carboxylic acids is 2. The summed E-state index contributed by atoms with van der Waals surface area (Å²) in [5, 5.41) is 6.01. The van der Waals surface area contributed by atoms with Crippen molar-refractivity contribution in [3.8, 4) is 0 Å². The maximum Gasteiger partial charge on any atom is 0.227 e. The Morgan fingerprint density at radius 2 is 1.57 bits per heavy atom. The minimum Gasteiger partial charge on any atom is -0.354 e. The number of nitrogens with one attached hydrogen (secondary N) is 2. The van der Waals surface area contributed by atoms with E-state index in [1.165, 1.54) is 5.56 Å². The van der Waals surface area contributed by atoms with Crippen molar-refractivity contribution in [3.05, 3.63) is 29.3 Å². The van der Waals surface area contributed by atoms with Crippen LogP contribution >= 0.6 is 0 Å². The second-order valence-corrected chi connectivity index (χ2v) is 7.02. The van der Waals surface area contributed by atoms with Crippen molar-refractivity contribution in [2.75, 3.05) is 5.32 Å². The summed E-state index contributed by atoms with van der Waals surface area (Å²) in [5.41, 5.74) is 3.17. The first-order valence-corrected chi connectivity index (χ1v) is 8.55. The van der Waals surface area contributed by atoms with Crippen molar-refractivity contribution in [2.45, 2.75) is 59.4 Å². The first-order valence-electron chi connectivity index (χ1n) is 8.55. The van der Waals surface area contributed by atoms with Crippen LogP contribution in [-0.4, -0.2) is 17.9 Å². The Labute approximate surface area is 139 Å². The van der Waals surface area contributed by atoms with Crippen molar-refractivity contribution in [2.24, 2.45) is 11.8 Å². The number of hydrogen-bond acceptors (Lipinski definition) is 2. The molecule has 0 radical (unpaired) electrons. The van der Waals surface area contributed by atoms with E-state index < -0.39 is 0 Å². The molecule has 2 amide bonds. The summed E-state index contributed by atoms with van der Waals surface area (Å²) in [6.45, 7) is 8.00. The Bertz CT molecular complexity index is 573. The highest BCUT2D eigenvalue weighted by molar-refractivity contribution is 5.93. The molecule has 0 heterocycles. The van der Waals surface area contributed by atoms with E-state index in [9.17, 15) is 9.59 Å². The molecule has 0 aromatic heterocycles. The van der Waals surface area contributed by atoms with Gasteiger partial charge in [0.25, 0.3) is 0 Å². The fourth-order valence-corrected chi connectivity index (χ4v) is 3.21. The lowest BCUT2D eigenvalue weighted by atomic mass is 9.81. The van der Waals surface area contributed by atoms with Gasteiger partial charge in [0, 0.05) is 23.6 Å². The summed E-state index contributed by atoms with van der Waals surface area (Å²) >= 11 is 0. The maximum absolute atomic E-state index is 12.4. The van der Waals surface area contributed by atoms with Gasteiger partial charge in [-0.3, -0.25) is 9.59 Å². The molecule has 1 aliphatic rings. The zero-order valence-corrected chi connectivity index (χ0v) is 14.6. The molecule has 0 saturated heterocycles. The standard InChI is InChI=1S/C19H28N2O2/c1-12(2)20-18(22)15-6-8-16(9-7-15)19(23)21-17-10-5-13(3)11-14(17)4/h5,10-12,15-16H,6-9H2,1-4H3,(H,20,22)(H,21,23). The fraction of sp³-hybridized carbons (Fsp3) is 0.579. The minimum absolute atomic E-state index is 0.0128. The van der Waals surface area contributed by atoms with E-state index in [1.807, 2.05) is 39.8 Å². The molecule has 23 heavy (non-hydrogen) atoms. The van der Waals surface area contributed by atoms with E-state index in [2.05, 4.69) is 16.7 Å². The summed E-state index contributed by atoms with van der Waals surface area (Å²) in [6, 6.07) is 6.22. The number of carbonyl (C=O) groups is 2. The van der Waals surface area contributed by atoms with Crippen LogP contribution in [-0.2, 0) is 9.59 Å². The molecule has 1 saturated carbocycles. The topological polar surface area (TPSA) is 58.2 Å². The third-order valence-electron chi connectivity index (χ3n) is 4.54. The Kier molecular flexibility index (Phi) is 5.80. The van der Waals surface area contributed by atoms with Crippen LogP contribution in [0.3, 0.4) is 0 Å². The van der Waals surface area contributed by atoms with Gasteiger partial charge in [0.15, 0.2) is 0 Å². The molecular formula is C19H28N2O2. The molecule has 2 rings (SSSR count). The van der Waals surface area contributed by atoms with Gasteiger partial charge >= 0.3 is 0 Å². The highest BCUT2D eigenvalue weighted by Crippen LogP contribution is 2.30. The predicted octanol–water partition coefficient (Wildman–Crippen LogP) is 3.57. The molecule has 0 unspecified atom stereocenters. The van der Waals surface area contributed by atoms with Gasteiger partial charge in [-0.15, -0.1) is 0 Å². The summed E-state index contributed by atoms with van der Waals surface area (Å²) in [6.07, 6.45) is 3.16. The first kappa shape index (κ1) is 17.5. The van der Waals surface area contributed by atoms with Crippen LogP contribution in [0.25, 0.3) is 0 Å². The van der Waals surface area contributed by atoms with Crippen molar-refractivity contribution in [1.82, 2.24) is 5.32 Å². The molecular weight excluding hydrogens is 288 g/mol. The number of rotatable bonds is 4. The molecule has 0 spiro atoms. The third-order valence-corrected chi connectivity index (χ3v) is 4.54. The first-order chi connectivity index (χ1) is 10.9. The van der Waals surface area contributed by atoms with Crippen molar-refractivity contribution in [3.63, 3.8) is 0 Å². The predicted molar refractivity (Wildman–Crippen MR) is 93.3 cm³/mol. The molecule has 0 bridgehead atoms. The monoisotopic (exact) mass is 316 g/mol. The Hall–Kier alpha value is -1.84. The number of anilines is 1. The Morgan fingerprint density at radius 1 is 1.00 bits per heavy atom. The Balaban J connectivity index is 1.87. The van der Waals surface area contributed by atoms with Crippen molar-refractivity contribution in [1.29, 1.82) is 0 Å². The third kappa shape index (κ3) is 4.81. The number of aryl methyl sites for hydroxylation is 2. The second kappa shape index (κ2) is 7.62. The zero-order chi connectivity index (χ0) is 17.0. The van der Waals surface area contributed by atoms with Crippen LogP contribution in [0.2, 0.25) is 0 Å². The van der Waals surface area contributed by atoms with Gasteiger partial charge in [-0.05, 0) is 65.0 Å². The Morgan fingerprint density at radius 3 is 2.09 bits per heavy atom. The highest BCUT2D eigenvalue weighted by Gasteiger charge is 2.30. The molecule has 4 nitrogen and oxygen atoms in total. The lowest BCUT2D eigenvalue weighted by Crippen LogP contribution is -2.38. The van der Waals surface area contributed by atoms with E-state index in [0.29, 0.717) is 0 Å². The van der Waals surface area contributed by atoms with Gasteiger partial charge in [-0.25, -0.2) is 0 Å². The molecule has 4 heteroatoms. The average Bonchev–Trinajstić information content (AvgIpc) is 2.49. The van der Waals surface area contributed by atoms with Gasteiger partial charge in [-0.1, -0.05) is 17.7 Å². The van der Waals surface area contributed by atoms with E-state index in [4.69, 9.17) is 0 Å². The number of benzene rings is 1. The van der Waals surface area contributed by atoms with Crippen LogP contribution < -0.4 is 10.6 Å². The van der Waals surface area contributed by atoms with E-state index in [0.717, 1.165) is 36.9 Å². The number of amides is 2.